The molecular weight excluding hydrogens is 400 g/mol. The van der Waals surface area contributed by atoms with Gasteiger partial charge in [-0.3, -0.25) is 9.78 Å². The quantitative estimate of drug-likeness (QED) is 0.479. The van der Waals surface area contributed by atoms with E-state index in [2.05, 4.69) is 33.8 Å². The Kier molecular flexibility index (Phi) is 6.82. The van der Waals surface area contributed by atoms with Crippen LogP contribution in [0.25, 0.3) is 5.57 Å². The summed E-state index contributed by atoms with van der Waals surface area (Å²) >= 11 is 0. The first-order valence-corrected chi connectivity index (χ1v) is 10.8. The van der Waals surface area contributed by atoms with Crippen molar-refractivity contribution in [2.75, 3.05) is 30.8 Å². The molecule has 164 valence electrons. The second-order valence-electron chi connectivity index (χ2n) is 7.91. The minimum Gasteiger partial charge on any atom is -0.395 e. The minimum atomic E-state index is -0.428. The number of likely N-dealkylation sites (N-methyl/N-ethyl adjacent to an activating group) is 1. The average Bonchev–Trinajstić information content (AvgIpc) is 3.23. The number of anilines is 3. The molecule has 0 saturated heterocycles. The van der Waals surface area contributed by atoms with Gasteiger partial charge in [-0.1, -0.05) is 30.3 Å². The average molecular weight is 429 g/mol. The number of nitrogens with one attached hydrogen (secondary N) is 2. The van der Waals surface area contributed by atoms with Crippen LogP contribution in [0.4, 0.5) is 17.1 Å². The summed E-state index contributed by atoms with van der Waals surface area (Å²) in [5, 5.41) is 16.0. The monoisotopic (exact) mass is 428 g/mol. The second kappa shape index (κ2) is 10.1. The van der Waals surface area contributed by atoms with Gasteiger partial charge in [0.05, 0.1) is 6.61 Å². The third-order valence-corrected chi connectivity index (χ3v) is 5.66. The van der Waals surface area contributed by atoms with Crippen LogP contribution < -0.4 is 10.6 Å². The molecule has 3 N–H and O–H groups in total. The molecule has 0 spiro atoms. The zero-order chi connectivity index (χ0) is 22.3. The van der Waals surface area contributed by atoms with Crippen LogP contribution in [-0.4, -0.2) is 47.1 Å². The SMILES string of the molecule is CN(CCO)C(=O)C(CC1=CCc2ccccc21)Nc1ccc(Nc2ccncc2)cc1. The number of aliphatic hydroxyl groups is 1. The van der Waals surface area contributed by atoms with Gasteiger partial charge in [0.2, 0.25) is 5.91 Å². The van der Waals surface area contributed by atoms with E-state index in [1.165, 1.54) is 16.7 Å². The van der Waals surface area contributed by atoms with E-state index in [0.717, 1.165) is 23.5 Å². The Hall–Kier alpha value is -3.64. The number of benzene rings is 2. The van der Waals surface area contributed by atoms with Gasteiger partial charge in [0.25, 0.3) is 0 Å². The first-order chi connectivity index (χ1) is 15.6. The Bertz CT molecular complexity index is 1080. The molecule has 0 radical (unpaired) electrons. The highest BCUT2D eigenvalue weighted by molar-refractivity contribution is 5.88. The Morgan fingerprint density at radius 2 is 1.72 bits per heavy atom. The van der Waals surface area contributed by atoms with E-state index < -0.39 is 6.04 Å². The van der Waals surface area contributed by atoms with Crippen LogP contribution in [0, 0.1) is 0 Å². The van der Waals surface area contributed by atoms with E-state index in [1.807, 2.05) is 48.5 Å². The highest BCUT2D eigenvalue weighted by Crippen LogP contribution is 2.31. The standard InChI is InChI=1S/C26H28N4O2/c1-30(16-17-31)26(32)25(18-20-7-6-19-4-2-3-5-24(19)20)29-22-10-8-21(9-11-22)28-23-12-14-27-15-13-23/h2-5,7-15,25,29,31H,6,16-18H2,1H3,(H,27,28). The number of carbonyl (C=O) groups excluding carboxylic acids is 1. The van der Waals surface area contributed by atoms with E-state index in [-0.39, 0.29) is 12.5 Å². The molecule has 1 aliphatic carbocycles. The molecule has 3 aromatic rings. The van der Waals surface area contributed by atoms with Gasteiger partial charge in [0.15, 0.2) is 0 Å². The summed E-state index contributed by atoms with van der Waals surface area (Å²) in [5.41, 5.74) is 6.48. The summed E-state index contributed by atoms with van der Waals surface area (Å²) in [6, 6.07) is 19.6. The number of aliphatic hydroxyl groups excluding tert-OH is 1. The lowest BCUT2D eigenvalue weighted by Crippen LogP contribution is -2.42. The van der Waals surface area contributed by atoms with Crippen LogP contribution in [0.15, 0.2) is 79.1 Å². The van der Waals surface area contributed by atoms with Gasteiger partial charge in [-0.05, 0) is 59.5 Å². The highest BCUT2D eigenvalue weighted by Gasteiger charge is 2.25. The maximum atomic E-state index is 13.2. The third kappa shape index (κ3) is 5.15. The van der Waals surface area contributed by atoms with Crippen molar-refractivity contribution in [3.63, 3.8) is 0 Å². The molecule has 32 heavy (non-hydrogen) atoms. The predicted molar refractivity (Wildman–Crippen MR) is 129 cm³/mol. The first-order valence-electron chi connectivity index (χ1n) is 10.8. The number of hydrogen-bond acceptors (Lipinski definition) is 5. The van der Waals surface area contributed by atoms with Gasteiger partial charge in [-0.2, -0.15) is 0 Å². The van der Waals surface area contributed by atoms with Gasteiger partial charge >= 0.3 is 0 Å². The second-order valence-corrected chi connectivity index (χ2v) is 7.91. The maximum Gasteiger partial charge on any atom is 0.245 e. The number of pyridine rings is 1. The topological polar surface area (TPSA) is 77.5 Å². The molecule has 1 aliphatic rings. The maximum absolute atomic E-state index is 13.2. The van der Waals surface area contributed by atoms with Crippen LogP contribution in [-0.2, 0) is 11.2 Å². The zero-order valence-electron chi connectivity index (χ0n) is 18.2. The molecule has 1 amide bonds. The number of nitrogens with zero attached hydrogens (tertiary/aromatic N) is 2. The van der Waals surface area contributed by atoms with E-state index in [0.29, 0.717) is 13.0 Å². The van der Waals surface area contributed by atoms with Crippen molar-refractivity contribution in [2.45, 2.75) is 18.9 Å². The molecule has 4 rings (SSSR count). The van der Waals surface area contributed by atoms with Crippen molar-refractivity contribution in [3.05, 3.63) is 90.3 Å². The number of aromatic nitrogens is 1. The molecule has 1 unspecified atom stereocenters. The van der Waals surface area contributed by atoms with E-state index in [9.17, 15) is 9.90 Å². The molecule has 1 atom stereocenters. The van der Waals surface area contributed by atoms with Crippen molar-refractivity contribution in [2.24, 2.45) is 0 Å². The fourth-order valence-electron chi connectivity index (χ4n) is 3.95. The molecule has 1 aromatic heterocycles. The normalized spacial score (nSPS) is 13.1. The Balaban J connectivity index is 1.49. The molecule has 0 bridgehead atoms. The highest BCUT2D eigenvalue weighted by atomic mass is 16.3. The number of fused-ring (bicyclic) bond motifs is 1. The van der Waals surface area contributed by atoms with Gasteiger partial charge < -0.3 is 20.6 Å². The molecule has 6 heteroatoms. The number of rotatable bonds is 9. The summed E-state index contributed by atoms with van der Waals surface area (Å²) in [6.07, 6.45) is 7.18. The van der Waals surface area contributed by atoms with Crippen molar-refractivity contribution in [1.82, 2.24) is 9.88 Å². The summed E-state index contributed by atoms with van der Waals surface area (Å²) < 4.78 is 0. The van der Waals surface area contributed by atoms with Crippen molar-refractivity contribution < 1.29 is 9.90 Å². The van der Waals surface area contributed by atoms with Crippen molar-refractivity contribution in [1.29, 1.82) is 0 Å². The fourth-order valence-corrected chi connectivity index (χ4v) is 3.95. The summed E-state index contributed by atoms with van der Waals surface area (Å²) in [7, 11) is 1.73. The largest absolute Gasteiger partial charge is 0.395 e. The zero-order valence-corrected chi connectivity index (χ0v) is 18.2. The summed E-state index contributed by atoms with van der Waals surface area (Å²) in [6.45, 7) is 0.247. The van der Waals surface area contributed by atoms with Crippen LogP contribution in [0.2, 0.25) is 0 Å². The van der Waals surface area contributed by atoms with Crippen molar-refractivity contribution in [3.8, 4) is 0 Å². The third-order valence-electron chi connectivity index (χ3n) is 5.66. The number of allylic oxidation sites excluding steroid dienone is 1. The smallest absolute Gasteiger partial charge is 0.245 e. The van der Waals surface area contributed by atoms with Crippen LogP contribution in [0.3, 0.4) is 0 Å². The van der Waals surface area contributed by atoms with Gasteiger partial charge in [-0.15, -0.1) is 0 Å². The Morgan fingerprint density at radius 1 is 1.03 bits per heavy atom. The molecular formula is C26H28N4O2. The molecule has 6 nitrogen and oxygen atoms in total. The molecule has 0 fully saturated rings. The van der Waals surface area contributed by atoms with Crippen LogP contribution >= 0.6 is 0 Å². The first kappa shape index (κ1) is 21.6. The van der Waals surface area contributed by atoms with Gasteiger partial charge in [0.1, 0.15) is 6.04 Å². The van der Waals surface area contributed by atoms with E-state index in [1.54, 1.807) is 24.3 Å². The molecule has 0 saturated carbocycles. The minimum absolute atomic E-state index is 0.0386. The van der Waals surface area contributed by atoms with Gasteiger partial charge in [-0.25, -0.2) is 0 Å². The van der Waals surface area contributed by atoms with E-state index in [4.69, 9.17) is 0 Å². The Morgan fingerprint density at radius 3 is 2.47 bits per heavy atom. The number of carbonyl (C=O) groups is 1. The fraction of sp³-hybridized carbons (Fsp3) is 0.231. The van der Waals surface area contributed by atoms with Crippen molar-refractivity contribution >= 4 is 28.5 Å². The number of amides is 1. The molecule has 1 heterocycles. The Labute approximate surface area is 188 Å². The lowest BCUT2D eigenvalue weighted by molar-refractivity contribution is -0.131. The van der Waals surface area contributed by atoms with E-state index >= 15 is 0 Å². The summed E-state index contributed by atoms with van der Waals surface area (Å²) in [5.74, 6) is -0.0386. The lowest BCUT2D eigenvalue weighted by atomic mass is 9.98. The predicted octanol–water partition coefficient (Wildman–Crippen LogP) is 4.09. The number of hydrogen-bond donors (Lipinski definition) is 3. The molecule has 2 aromatic carbocycles. The molecule has 0 aliphatic heterocycles. The van der Waals surface area contributed by atoms with Crippen LogP contribution in [0.5, 0.6) is 0 Å². The van der Waals surface area contributed by atoms with Gasteiger partial charge in [0, 0.05) is 49.5 Å². The van der Waals surface area contributed by atoms with Crippen LogP contribution in [0.1, 0.15) is 17.5 Å². The summed E-state index contributed by atoms with van der Waals surface area (Å²) in [4.78, 5) is 18.8. The lowest BCUT2D eigenvalue weighted by Gasteiger charge is -2.26.